The first-order chi connectivity index (χ1) is 31.5. The zero-order valence-corrected chi connectivity index (χ0v) is 36.1. The van der Waals surface area contributed by atoms with Gasteiger partial charge in [-0.25, -0.2) is 9.98 Å². The molecule has 11 rings (SSSR count). The molecular weight excluding hydrogens is 779 g/mol. The predicted octanol–water partition coefficient (Wildman–Crippen LogP) is 14.5. The molecule has 0 aromatic heterocycles. The lowest BCUT2D eigenvalue weighted by Crippen LogP contribution is -2.19. The summed E-state index contributed by atoms with van der Waals surface area (Å²) in [4.78, 5) is 14.4. The second-order valence-electron chi connectivity index (χ2n) is 16.4. The van der Waals surface area contributed by atoms with E-state index in [9.17, 15) is 0 Å². The van der Waals surface area contributed by atoms with Crippen LogP contribution in [0.3, 0.4) is 0 Å². The van der Waals surface area contributed by atoms with Crippen LogP contribution in [-0.4, -0.2) is 19.6 Å². The van der Waals surface area contributed by atoms with Crippen LogP contribution in [0.15, 0.2) is 240 Å². The molecule has 3 heterocycles. The molecule has 310 valence electrons. The van der Waals surface area contributed by atoms with Gasteiger partial charge >= 0.3 is 0 Å². The Bertz CT molecular complexity index is 3060. The lowest BCUT2D eigenvalue weighted by Gasteiger charge is -2.30. The molecule has 0 spiro atoms. The van der Waals surface area contributed by atoms with Crippen LogP contribution in [0.5, 0.6) is 0 Å². The summed E-state index contributed by atoms with van der Waals surface area (Å²) in [6.07, 6.45) is 5.34. The van der Waals surface area contributed by atoms with Crippen molar-refractivity contribution >= 4 is 35.3 Å². The summed E-state index contributed by atoms with van der Waals surface area (Å²) >= 11 is 0. The summed E-state index contributed by atoms with van der Waals surface area (Å²) in [6.45, 7) is 6.27. The van der Waals surface area contributed by atoms with Gasteiger partial charge in [0, 0.05) is 52.0 Å². The van der Waals surface area contributed by atoms with Crippen LogP contribution in [0, 0.1) is 0 Å². The number of fused-ring (bicyclic) bond motifs is 6. The third-order valence-electron chi connectivity index (χ3n) is 12.3. The van der Waals surface area contributed by atoms with E-state index < -0.39 is 0 Å². The molecule has 5 nitrogen and oxygen atoms in total. The third kappa shape index (κ3) is 8.01. The van der Waals surface area contributed by atoms with Gasteiger partial charge in [0.05, 0.1) is 0 Å². The molecule has 0 amide bonds. The quantitative estimate of drug-likeness (QED) is 0.180. The number of benzene rings is 8. The molecular formula is C59H49N5. The van der Waals surface area contributed by atoms with Crippen LogP contribution >= 0.6 is 0 Å². The molecule has 3 aliphatic heterocycles. The first-order valence-electron chi connectivity index (χ1n) is 22.0. The summed E-state index contributed by atoms with van der Waals surface area (Å²) in [5, 5.41) is 3.40. The van der Waals surface area contributed by atoms with E-state index in [0.717, 1.165) is 73.7 Å². The summed E-state index contributed by atoms with van der Waals surface area (Å²) < 4.78 is 0. The van der Waals surface area contributed by atoms with E-state index in [1.807, 2.05) is 7.05 Å². The Balaban J connectivity index is 1.22. The number of nitrogens with zero attached hydrogens (tertiary/aromatic N) is 4. The molecule has 0 fully saturated rings. The average Bonchev–Trinajstić information content (AvgIpc) is 3.73. The van der Waals surface area contributed by atoms with Crippen molar-refractivity contribution < 1.29 is 0 Å². The fraction of sp³-hybridized carbons (Fsp3) is 0.0847. The van der Waals surface area contributed by atoms with E-state index in [4.69, 9.17) is 4.99 Å². The first kappa shape index (κ1) is 40.2. The van der Waals surface area contributed by atoms with Gasteiger partial charge in [-0.3, -0.25) is 5.32 Å². The van der Waals surface area contributed by atoms with E-state index in [2.05, 4.69) is 252 Å². The van der Waals surface area contributed by atoms with Crippen molar-refractivity contribution in [3.8, 4) is 33.4 Å². The SMILES string of the molecule is C=N/C1=N\C(NC)c2ccc(cc2)-c2cccc(c2)C(C)/C=C(\C=C2/Cc3ccccc3N2c2ccccc2)N(c2ccccc2)c2cccc(c2)-c2ccccc2-c2cccc1c2. The zero-order valence-electron chi connectivity index (χ0n) is 36.1. The van der Waals surface area contributed by atoms with Gasteiger partial charge in [0.25, 0.3) is 0 Å². The summed E-state index contributed by atoms with van der Waals surface area (Å²) in [7, 11) is 1.93. The van der Waals surface area contributed by atoms with Gasteiger partial charge in [-0.2, -0.15) is 0 Å². The highest BCUT2D eigenvalue weighted by molar-refractivity contribution is 6.03. The lowest BCUT2D eigenvalue weighted by atomic mass is 9.93. The minimum atomic E-state index is -0.312. The van der Waals surface area contributed by atoms with Gasteiger partial charge in [0.1, 0.15) is 6.17 Å². The van der Waals surface area contributed by atoms with Crippen molar-refractivity contribution in [1.29, 1.82) is 0 Å². The van der Waals surface area contributed by atoms with Crippen molar-refractivity contribution in [3.05, 3.63) is 252 Å². The molecule has 3 aliphatic rings. The minimum absolute atomic E-state index is 0.0492. The normalized spacial score (nSPS) is 18.1. The fourth-order valence-electron chi connectivity index (χ4n) is 9.16. The highest BCUT2D eigenvalue weighted by Crippen LogP contribution is 2.43. The average molecular weight is 828 g/mol. The van der Waals surface area contributed by atoms with Crippen molar-refractivity contribution in [2.75, 3.05) is 16.8 Å². The lowest BCUT2D eigenvalue weighted by molar-refractivity contribution is 0.625. The second kappa shape index (κ2) is 17.9. The van der Waals surface area contributed by atoms with Crippen molar-refractivity contribution in [2.24, 2.45) is 9.98 Å². The zero-order chi connectivity index (χ0) is 43.4. The highest BCUT2D eigenvalue weighted by Gasteiger charge is 2.27. The molecule has 0 aliphatic carbocycles. The summed E-state index contributed by atoms with van der Waals surface area (Å²) in [6, 6.07) is 74.0. The van der Waals surface area contributed by atoms with Gasteiger partial charge in [-0.1, -0.05) is 171 Å². The number of allylic oxidation sites excluding steroid dienone is 3. The largest absolute Gasteiger partial charge is 0.314 e. The van der Waals surface area contributed by atoms with Crippen LogP contribution in [0.25, 0.3) is 33.4 Å². The Morgan fingerprint density at radius 3 is 1.86 bits per heavy atom. The Morgan fingerprint density at radius 1 is 0.547 bits per heavy atom. The van der Waals surface area contributed by atoms with Gasteiger partial charge in [-0.15, -0.1) is 0 Å². The number of anilines is 4. The van der Waals surface area contributed by atoms with E-state index in [0.29, 0.717) is 5.84 Å². The number of aliphatic imine (C=N–C) groups is 2. The van der Waals surface area contributed by atoms with Gasteiger partial charge < -0.3 is 9.80 Å². The fourth-order valence-corrected chi connectivity index (χ4v) is 9.16. The van der Waals surface area contributed by atoms with Gasteiger partial charge in [-0.05, 0) is 118 Å². The summed E-state index contributed by atoms with van der Waals surface area (Å²) in [5.41, 5.74) is 18.0. The van der Waals surface area contributed by atoms with E-state index in [1.54, 1.807) is 0 Å². The Hall–Kier alpha value is -7.86. The van der Waals surface area contributed by atoms with Gasteiger partial charge in [0.15, 0.2) is 5.84 Å². The number of para-hydroxylation sites is 3. The Kier molecular flexibility index (Phi) is 11.2. The van der Waals surface area contributed by atoms with E-state index in [1.165, 1.54) is 22.5 Å². The number of hydrogen-bond acceptors (Lipinski definition) is 5. The maximum absolute atomic E-state index is 5.11. The Labute approximate surface area is 376 Å². The van der Waals surface area contributed by atoms with Crippen LogP contribution in [-0.2, 0) is 6.42 Å². The topological polar surface area (TPSA) is 43.2 Å². The van der Waals surface area contributed by atoms with Crippen molar-refractivity contribution in [1.82, 2.24) is 5.32 Å². The molecule has 8 aromatic carbocycles. The molecule has 1 N–H and O–H groups in total. The molecule has 0 radical (unpaired) electrons. The van der Waals surface area contributed by atoms with Crippen LogP contribution in [0.2, 0.25) is 0 Å². The van der Waals surface area contributed by atoms with Gasteiger partial charge in [0.2, 0.25) is 0 Å². The molecule has 2 unspecified atom stereocenters. The minimum Gasteiger partial charge on any atom is -0.314 e. The van der Waals surface area contributed by atoms with Crippen molar-refractivity contribution in [2.45, 2.75) is 25.4 Å². The molecule has 5 heteroatoms. The predicted molar refractivity (Wildman–Crippen MR) is 269 cm³/mol. The summed E-state index contributed by atoms with van der Waals surface area (Å²) in [5.74, 6) is 0.629. The second-order valence-corrected chi connectivity index (χ2v) is 16.4. The monoisotopic (exact) mass is 827 g/mol. The van der Waals surface area contributed by atoms with E-state index in [-0.39, 0.29) is 12.1 Å². The van der Waals surface area contributed by atoms with Crippen molar-refractivity contribution in [3.63, 3.8) is 0 Å². The first-order valence-corrected chi connectivity index (χ1v) is 22.0. The standard InChI is InChI=1S/C59H49N5/c1-41-35-53(40-54-39-48-17-10-13-30-57(48)64(54)51-25-8-5-9-26-51)63(50-23-6-4-7-24-50)52-27-16-21-47(38-52)56-29-12-11-28-55(56)46-20-15-22-49(37-46)59(61-3)62-58(60-2)43-33-31-42(32-34-43)45-19-14-18-44(41)36-45/h4-38,40-41,58,60H,3,39H2,1-2H3/b53-35+,54-40+,62-59-. The number of rotatable bonds is 4. The number of hydrogen-bond donors (Lipinski definition) is 1. The molecule has 8 aromatic rings. The maximum atomic E-state index is 5.11. The molecule has 64 heavy (non-hydrogen) atoms. The molecule has 8 bridgehead atoms. The van der Waals surface area contributed by atoms with Crippen LogP contribution in [0.1, 0.15) is 41.3 Å². The highest BCUT2D eigenvalue weighted by atomic mass is 15.2. The Morgan fingerprint density at radius 2 is 1.14 bits per heavy atom. The molecule has 0 saturated heterocycles. The number of nitrogens with one attached hydrogen (secondary N) is 1. The number of amidine groups is 1. The van der Waals surface area contributed by atoms with Crippen LogP contribution in [0.4, 0.5) is 22.7 Å². The molecule has 2 atom stereocenters. The maximum Gasteiger partial charge on any atom is 0.155 e. The third-order valence-corrected chi connectivity index (χ3v) is 12.3. The van der Waals surface area contributed by atoms with Crippen LogP contribution < -0.4 is 15.1 Å². The molecule has 0 saturated carbocycles. The van der Waals surface area contributed by atoms with E-state index >= 15 is 0 Å². The smallest absolute Gasteiger partial charge is 0.155 e.